The minimum atomic E-state index is -0.0788. The first kappa shape index (κ1) is 7.03. The van der Waals surface area contributed by atoms with Gasteiger partial charge in [-0.3, -0.25) is 0 Å². The Kier molecular flexibility index (Phi) is 2.49. The molecule has 0 aliphatic carbocycles. The molecular weight excluding hydrogens is 114 g/mol. The van der Waals surface area contributed by atoms with E-state index in [0.29, 0.717) is 5.92 Å². The van der Waals surface area contributed by atoms with Crippen LogP contribution in [0.1, 0.15) is 19.8 Å². The van der Waals surface area contributed by atoms with Crippen LogP contribution in [0.3, 0.4) is 0 Å². The van der Waals surface area contributed by atoms with Gasteiger partial charge in [0.25, 0.3) is 0 Å². The molecule has 1 rings (SSSR count). The van der Waals surface area contributed by atoms with E-state index in [1.165, 1.54) is 6.42 Å². The summed E-state index contributed by atoms with van der Waals surface area (Å²) in [6, 6.07) is 0. The number of aliphatic hydroxyl groups excluding tert-OH is 1. The highest BCUT2D eigenvalue weighted by atomic mass is 16.3. The molecule has 2 nitrogen and oxygen atoms in total. The molecule has 1 saturated heterocycles. The topological polar surface area (TPSA) is 32.3 Å². The Morgan fingerprint density at radius 1 is 1.56 bits per heavy atom. The predicted molar refractivity (Wildman–Crippen MR) is 37.3 cm³/mol. The van der Waals surface area contributed by atoms with Crippen LogP contribution in [0.25, 0.3) is 0 Å². The van der Waals surface area contributed by atoms with Gasteiger partial charge in [0.2, 0.25) is 0 Å². The average Bonchev–Trinajstić information content (AvgIpc) is 2.18. The lowest BCUT2D eigenvalue weighted by Gasteiger charge is -2.10. The molecule has 1 aliphatic rings. The molecule has 0 aromatic rings. The number of β-amino-alcohol motifs (C(OH)–C–C–N with tert-alkyl or cyclic N) is 1. The third-order valence-corrected chi connectivity index (χ3v) is 1.96. The van der Waals surface area contributed by atoms with E-state index in [0.717, 1.165) is 19.5 Å². The SMILES string of the molecule is CCCC1CNCC1O. The second-order valence-electron chi connectivity index (χ2n) is 2.77. The summed E-state index contributed by atoms with van der Waals surface area (Å²) >= 11 is 0. The molecule has 2 N–H and O–H groups in total. The van der Waals surface area contributed by atoms with Gasteiger partial charge in [0, 0.05) is 13.1 Å². The van der Waals surface area contributed by atoms with Crippen LogP contribution in [-0.2, 0) is 0 Å². The standard InChI is InChI=1S/C7H15NO/c1-2-3-6-4-8-5-7(6)9/h6-9H,2-5H2,1H3. The van der Waals surface area contributed by atoms with Crippen molar-refractivity contribution in [3.63, 3.8) is 0 Å². The second-order valence-corrected chi connectivity index (χ2v) is 2.77. The zero-order chi connectivity index (χ0) is 6.69. The maximum Gasteiger partial charge on any atom is 0.0704 e. The number of nitrogens with one attached hydrogen (secondary N) is 1. The Morgan fingerprint density at radius 2 is 2.33 bits per heavy atom. The molecule has 1 aliphatic heterocycles. The van der Waals surface area contributed by atoms with E-state index in [1.807, 2.05) is 0 Å². The minimum Gasteiger partial charge on any atom is -0.391 e. The molecule has 1 fully saturated rings. The number of hydrogen-bond acceptors (Lipinski definition) is 2. The molecule has 9 heavy (non-hydrogen) atoms. The van der Waals surface area contributed by atoms with Gasteiger partial charge in [-0.05, 0) is 12.3 Å². The largest absolute Gasteiger partial charge is 0.391 e. The molecule has 0 saturated carbocycles. The first-order chi connectivity index (χ1) is 4.34. The van der Waals surface area contributed by atoms with Crippen molar-refractivity contribution >= 4 is 0 Å². The van der Waals surface area contributed by atoms with Crippen LogP contribution in [0.5, 0.6) is 0 Å². The Hall–Kier alpha value is -0.0800. The van der Waals surface area contributed by atoms with Crippen LogP contribution in [-0.4, -0.2) is 24.3 Å². The molecule has 0 amide bonds. The molecule has 2 atom stereocenters. The highest BCUT2D eigenvalue weighted by Crippen LogP contribution is 2.14. The van der Waals surface area contributed by atoms with Crippen molar-refractivity contribution in [2.45, 2.75) is 25.9 Å². The fourth-order valence-corrected chi connectivity index (χ4v) is 1.38. The van der Waals surface area contributed by atoms with E-state index in [4.69, 9.17) is 0 Å². The van der Waals surface area contributed by atoms with Crippen molar-refractivity contribution in [1.82, 2.24) is 5.32 Å². The van der Waals surface area contributed by atoms with Crippen molar-refractivity contribution in [2.75, 3.05) is 13.1 Å². The lowest BCUT2D eigenvalue weighted by Crippen LogP contribution is -2.17. The van der Waals surface area contributed by atoms with E-state index in [2.05, 4.69) is 12.2 Å². The summed E-state index contributed by atoms with van der Waals surface area (Å²) in [5, 5.41) is 12.4. The van der Waals surface area contributed by atoms with Gasteiger partial charge in [-0.25, -0.2) is 0 Å². The van der Waals surface area contributed by atoms with E-state index in [1.54, 1.807) is 0 Å². The fraction of sp³-hybridized carbons (Fsp3) is 1.00. The molecule has 0 radical (unpaired) electrons. The van der Waals surface area contributed by atoms with Gasteiger partial charge in [-0.2, -0.15) is 0 Å². The maximum atomic E-state index is 9.26. The molecule has 54 valence electrons. The summed E-state index contributed by atoms with van der Waals surface area (Å²) < 4.78 is 0. The zero-order valence-electron chi connectivity index (χ0n) is 5.93. The van der Waals surface area contributed by atoms with Crippen molar-refractivity contribution in [1.29, 1.82) is 0 Å². The Balaban J connectivity index is 2.22. The minimum absolute atomic E-state index is 0.0788. The summed E-state index contributed by atoms with van der Waals surface area (Å²) in [5.41, 5.74) is 0. The van der Waals surface area contributed by atoms with Crippen molar-refractivity contribution in [2.24, 2.45) is 5.92 Å². The third-order valence-electron chi connectivity index (χ3n) is 1.96. The van der Waals surface area contributed by atoms with Crippen LogP contribution in [0.2, 0.25) is 0 Å². The van der Waals surface area contributed by atoms with Gasteiger partial charge in [0.15, 0.2) is 0 Å². The van der Waals surface area contributed by atoms with Crippen molar-refractivity contribution in [3.05, 3.63) is 0 Å². The lowest BCUT2D eigenvalue weighted by atomic mass is 10.0. The first-order valence-corrected chi connectivity index (χ1v) is 3.73. The van der Waals surface area contributed by atoms with E-state index in [9.17, 15) is 5.11 Å². The summed E-state index contributed by atoms with van der Waals surface area (Å²) in [7, 11) is 0. The van der Waals surface area contributed by atoms with Crippen molar-refractivity contribution < 1.29 is 5.11 Å². The molecular formula is C7H15NO. The van der Waals surface area contributed by atoms with Gasteiger partial charge in [0.05, 0.1) is 6.10 Å². The number of hydrogen-bond donors (Lipinski definition) is 2. The number of rotatable bonds is 2. The Morgan fingerprint density at radius 3 is 2.78 bits per heavy atom. The predicted octanol–water partition coefficient (Wildman–Crippen LogP) is 0.367. The Labute approximate surface area is 56.3 Å². The zero-order valence-corrected chi connectivity index (χ0v) is 5.93. The van der Waals surface area contributed by atoms with Crippen LogP contribution < -0.4 is 5.32 Å². The van der Waals surface area contributed by atoms with Crippen LogP contribution in [0.15, 0.2) is 0 Å². The normalized spacial score (nSPS) is 35.3. The van der Waals surface area contributed by atoms with Gasteiger partial charge in [-0.15, -0.1) is 0 Å². The third kappa shape index (κ3) is 1.66. The Bertz CT molecular complexity index is 85.0. The molecule has 0 spiro atoms. The summed E-state index contributed by atoms with van der Waals surface area (Å²) in [4.78, 5) is 0. The number of aliphatic hydroxyl groups is 1. The molecule has 0 aromatic heterocycles. The van der Waals surface area contributed by atoms with Crippen LogP contribution in [0.4, 0.5) is 0 Å². The molecule has 2 unspecified atom stereocenters. The average molecular weight is 129 g/mol. The van der Waals surface area contributed by atoms with Gasteiger partial charge in [-0.1, -0.05) is 13.3 Å². The highest BCUT2D eigenvalue weighted by molar-refractivity contribution is 4.79. The monoisotopic (exact) mass is 129 g/mol. The van der Waals surface area contributed by atoms with Gasteiger partial charge >= 0.3 is 0 Å². The highest BCUT2D eigenvalue weighted by Gasteiger charge is 2.23. The molecule has 2 heteroatoms. The molecule has 0 aromatic carbocycles. The lowest BCUT2D eigenvalue weighted by molar-refractivity contribution is 0.142. The smallest absolute Gasteiger partial charge is 0.0704 e. The summed E-state index contributed by atoms with van der Waals surface area (Å²) in [5.74, 6) is 0.523. The van der Waals surface area contributed by atoms with Crippen molar-refractivity contribution in [3.8, 4) is 0 Å². The van der Waals surface area contributed by atoms with Gasteiger partial charge < -0.3 is 10.4 Å². The molecule has 0 bridgehead atoms. The van der Waals surface area contributed by atoms with Gasteiger partial charge in [0.1, 0.15) is 0 Å². The van der Waals surface area contributed by atoms with E-state index < -0.39 is 0 Å². The van der Waals surface area contributed by atoms with E-state index >= 15 is 0 Å². The maximum absolute atomic E-state index is 9.26. The van der Waals surface area contributed by atoms with Crippen LogP contribution >= 0.6 is 0 Å². The fourth-order valence-electron chi connectivity index (χ4n) is 1.38. The van der Waals surface area contributed by atoms with E-state index in [-0.39, 0.29) is 6.10 Å². The quantitative estimate of drug-likeness (QED) is 0.564. The second kappa shape index (κ2) is 3.18. The van der Waals surface area contributed by atoms with Crippen LogP contribution in [0, 0.1) is 5.92 Å². The summed E-state index contributed by atoms with van der Waals surface area (Å²) in [6.07, 6.45) is 2.27. The summed E-state index contributed by atoms with van der Waals surface area (Å²) in [6.45, 7) is 3.96. The first-order valence-electron chi connectivity index (χ1n) is 3.73. The molecule has 1 heterocycles.